The van der Waals surface area contributed by atoms with Crippen molar-refractivity contribution < 1.29 is 39.7 Å². The predicted octanol–water partition coefficient (Wildman–Crippen LogP) is -3.00. The van der Waals surface area contributed by atoms with Crippen LogP contribution in [0, 0.1) is 0 Å². The van der Waals surface area contributed by atoms with E-state index in [-0.39, 0.29) is 36.7 Å². The molecule has 0 fully saturated rings. The van der Waals surface area contributed by atoms with Gasteiger partial charge in [-0.3, -0.25) is 4.21 Å². The average molecular weight is 117 g/mol. The summed E-state index contributed by atoms with van der Waals surface area (Å²) in [6.07, 6.45) is 0. The van der Waals surface area contributed by atoms with E-state index >= 15 is 0 Å². The Morgan fingerprint density at radius 2 is 2.17 bits per heavy atom. The molecule has 2 nitrogen and oxygen atoms in total. The Bertz CT molecular complexity index is 51.0. The molecule has 6 heavy (non-hydrogen) atoms. The van der Waals surface area contributed by atoms with Crippen LogP contribution in [0.25, 0.3) is 0 Å². The molecule has 0 amide bonds. The second-order valence-corrected chi connectivity index (χ2v) is 1.78. The van der Waals surface area contributed by atoms with Gasteiger partial charge < -0.3 is 5.98 Å². The molecule has 0 aliphatic rings. The Morgan fingerprint density at radius 3 is 2.17 bits per heavy atom. The minimum absolute atomic E-state index is 0. The summed E-state index contributed by atoms with van der Waals surface area (Å²) in [5, 5.41) is 0. The first-order valence-corrected chi connectivity index (χ1v) is 2.57. The Morgan fingerprint density at radius 1 is 2.00 bits per heavy atom. The summed E-state index contributed by atoms with van der Waals surface area (Å²) < 4.78 is 18.7. The maximum absolute atomic E-state index is 9.37. The van der Waals surface area contributed by atoms with Crippen molar-refractivity contribution in [2.45, 2.75) is 6.92 Å². The van der Waals surface area contributed by atoms with Crippen LogP contribution in [0.4, 0.5) is 0 Å². The topological polar surface area (TPSA) is 40.1 Å². The fourth-order valence-electron chi connectivity index (χ4n) is 0. The van der Waals surface area contributed by atoms with Gasteiger partial charge in [-0.05, 0) is 0 Å². The third-order valence-electron chi connectivity index (χ3n) is 0.236. The summed E-state index contributed by atoms with van der Waals surface area (Å²) in [5.41, 5.74) is 0. The van der Waals surface area contributed by atoms with Gasteiger partial charge in [0.15, 0.2) is 0 Å². The van der Waals surface area contributed by atoms with Gasteiger partial charge in [-0.15, -0.1) is 0 Å². The van der Waals surface area contributed by atoms with Crippen LogP contribution in [0.1, 0.15) is 8.35 Å². The second-order valence-electron chi connectivity index (χ2n) is 0.592. The molecule has 0 aromatic heterocycles. The third kappa shape index (κ3) is 8.92. The van der Waals surface area contributed by atoms with Crippen LogP contribution >= 0.6 is 0 Å². The van der Waals surface area contributed by atoms with Crippen LogP contribution in [0.5, 0.6) is 0 Å². The zero-order chi connectivity index (χ0) is 4.28. The van der Waals surface area contributed by atoms with E-state index in [0.717, 1.165) is 0 Å². The quantitative estimate of drug-likeness (QED) is 0.271. The van der Waals surface area contributed by atoms with E-state index in [1.165, 1.54) is 0 Å². The number of rotatable bonds is 1. The number of hydrogen-bond acceptors (Lipinski definition) is 2. The Kier molecular flexibility index (Phi) is 10.4. The van der Waals surface area contributed by atoms with Crippen molar-refractivity contribution in [3.05, 3.63) is 0 Å². The van der Waals surface area contributed by atoms with E-state index in [1.54, 1.807) is 6.92 Å². The molecule has 1 atom stereocenters. The fourth-order valence-corrected chi connectivity index (χ4v) is 0. The maximum Gasteiger partial charge on any atom is 1.00 e. The molecule has 0 rings (SSSR count). The van der Waals surface area contributed by atoms with Crippen molar-refractivity contribution in [1.82, 2.24) is 0 Å². The van der Waals surface area contributed by atoms with Crippen LogP contribution in [0.15, 0.2) is 0 Å². The first-order chi connectivity index (χ1) is 2.27. The minimum Gasteiger partial charge on any atom is -1.00 e. The molecular weight excluding hydrogens is 111 g/mol. The monoisotopic (exact) mass is 117 g/mol. The smallest absolute Gasteiger partial charge is 1.00 e. The van der Waals surface area contributed by atoms with E-state index in [9.17, 15) is 8.76 Å². The molecule has 0 N–H and O–H groups in total. The van der Waals surface area contributed by atoms with Gasteiger partial charge in [0.1, 0.15) is 0 Å². The molecule has 0 spiro atoms. The normalized spacial score (nSPS) is 12.3. The molecular formula is C2H6NaO2S-. The summed E-state index contributed by atoms with van der Waals surface area (Å²) >= 11 is -1.82. The molecule has 34 valence electrons. The van der Waals surface area contributed by atoms with Gasteiger partial charge in [-0.1, -0.05) is 18.0 Å². The summed E-state index contributed by atoms with van der Waals surface area (Å²) in [6, 6.07) is 0. The van der Waals surface area contributed by atoms with E-state index in [1.807, 2.05) is 0 Å². The molecule has 0 saturated heterocycles. The first-order valence-electron chi connectivity index (χ1n) is 1.33. The van der Waals surface area contributed by atoms with Gasteiger partial charge >= 0.3 is 29.6 Å². The van der Waals surface area contributed by atoms with E-state index < -0.39 is 11.1 Å². The number of hydrogen-bond donors (Lipinski definition) is 0. The SMILES string of the molecule is CCS(=O)[O-].[H-].[Na+]. The van der Waals surface area contributed by atoms with Crippen molar-refractivity contribution in [1.29, 1.82) is 0 Å². The Labute approximate surface area is 63.4 Å². The van der Waals surface area contributed by atoms with Crippen LogP contribution in [0.2, 0.25) is 0 Å². The van der Waals surface area contributed by atoms with Crippen LogP contribution in [0.3, 0.4) is 0 Å². The molecule has 4 heteroatoms. The van der Waals surface area contributed by atoms with Crippen LogP contribution in [-0.4, -0.2) is 14.5 Å². The van der Waals surface area contributed by atoms with Crippen molar-refractivity contribution in [2.24, 2.45) is 0 Å². The first kappa shape index (κ1) is 10.2. The van der Waals surface area contributed by atoms with Crippen molar-refractivity contribution in [2.75, 3.05) is 5.75 Å². The van der Waals surface area contributed by atoms with Crippen molar-refractivity contribution in [3.63, 3.8) is 0 Å². The van der Waals surface area contributed by atoms with Gasteiger partial charge in [0.2, 0.25) is 0 Å². The Hall–Kier alpha value is 1.11. The summed E-state index contributed by atoms with van der Waals surface area (Å²) in [5.74, 6) is 0.222. The van der Waals surface area contributed by atoms with Gasteiger partial charge in [-0.2, -0.15) is 0 Å². The second kappa shape index (κ2) is 6.11. The predicted molar refractivity (Wildman–Crippen MR) is 20.6 cm³/mol. The van der Waals surface area contributed by atoms with Gasteiger partial charge in [0, 0.05) is 5.75 Å². The fraction of sp³-hybridized carbons (Fsp3) is 1.00. The molecule has 0 heterocycles. The molecule has 0 bridgehead atoms. The largest absolute Gasteiger partial charge is 1.00 e. The molecule has 0 aliphatic heterocycles. The summed E-state index contributed by atoms with van der Waals surface area (Å²) in [4.78, 5) is 0. The molecule has 0 aromatic carbocycles. The van der Waals surface area contributed by atoms with Gasteiger partial charge in [0.25, 0.3) is 0 Å². The zero-order valence-corrected chi connectivity index (χ0v) is 6.75. The summed E-state index contributed by atoms with van der Waals surface area (Å²) in [6.45, 7) is 1.59. The van der Waals surface area contributed by atoms with Crippen molar-refractivity contribution in [3.8, 4) is 0 Å². The molecule has 1 unspecified atom stereocenters. The van der Waals surface area contributed by atoms with Crippen LogP contribution in [-0.2, 0) is 11.1 Å². The standard InChI is InChI=1S/C2H6O2S.Na.H/c1-2-5(3)4;;/h2H2,1H3,(H,3,4);;/q;+1;-1/p-1. The molecule has 0 saturated carbocycles. The minimum atomic E-state index is -1.82. The van der Waals surface area contributed by atoms with E-state index in [2.05, 4.69) is 0 Å². The van der Waals surface area contributed by atoms with E-state index in [0.29, 0.717) is 0 Å². The molecule has 0 radical (unpaired) electrons. The van der Waals surface area contributed by atoms with Gasteiger partial charge in [0.05, 0.1) is 0 Å². The van der Waals surface area contributed by atoms with Crippen LogP contribution < -0.4 is 29.6 Å². The Balaban J connectivity index is -0.0000000800. The molecule has 0 aromatic rings. The van der Waals surface area contributed by atoms with Gasteiger partial charge in [-0.25, -0.2) is 0 Å². The maximum atomic E-state index is 9.37. The zero-order valence-electron chi connectivity index (χ0n) is 4.93. The van der Waals surface area contributed by atoms with Crippen molar-refractivity contribution >= 4 is 11.1 Å². The van der Waals surface area contributed by atoms with E-state index in [4.69, 9.17) is 0 Å². The molecule has 0 aliphatic carbocycles. The average Bonchev–Trinajstić information content (AvgIpc) is 1.38. The third-order valence-corrected chi connectivity index (χ3v) is 0.707. The summed E-state index contributed by atoms with van der Waals surface area (Å²) in [7, 11) is 0.